The topological polar surface area (TPSA) is 77.6 Å². The molecule has 0 saturated carbocycles. The highest BCUT2D eigenvalue weighted by atomic mass is 19.4. The molecule has 4 rings (SSSR count). The van der Waals surface area contributed by atoms with E-state index in [2.05, 4.69) is 20.5 Å². The van der Waals surface area contributed by atoms with E-state index in [4.69, 9.17) is 0 Å². The van der Waals surface area contributed by atoms with Gasteiger partial charge in [0.05, 0.1) is 22.6 Å². The number of halogens is 3. The van der Waals surface area contributed by atoms with Gasteiger partial charge in [-0.1, -0.05) is 6.07 Å². The second-order valence-electron chi connectivity index (χ2n) is 7.25. The average Bonchev–Trinajstić information content (AvgIpc) is 3.41. The number of aryl methyl sites for hydroxylation is 2. The predicted molar refractivity (Wildman–Crippen MR) is 111 cm³/mol. The lowest BCUT2D eigenvalue weighted by atomic mass is 10.1. The molecule has 1 amide bonds. The number of rotatable bonds is 5. The lowest BCUT2D eigenvalue weighted by Crippen LogP contribution is -2.24. The monoisotopic (exact) mass is 440 g/mol. The summed E-state index contributed by atoms with van der Waals surface area (Å²) in [5.74, 6) is -0.481. The van der Waals surface area contributed by atoms with E-state index in [-0.39, 0.29) is 12.1 Å². The van der Waals surface area contributed by atoms with Crippen LogP contribution in [0.25, 0.3) is 11.4 Å². The van der Waals surface area contributed by atoms with Crippen molar-refractivity contribution in [2.75, 3.05) is 0 Å². The quantitative estimate of drug-likeness (QED) is 0.509. The first-order chi connectivity index (χ1) is 15.2. The highest BCUT2D eigenvalue weighted by molar-refractivity contribution is 5.94. The first kappa shape index (κ1) is 21.3. The van der Waals surface area contributed by atoms with Gasteiger partial charge in [-0.15, -0.1) is 0 Å². The van der Waals surface area contributed by atoms with Crippen LogP contribution < -0.4 is 5.32 Å². The third kappa shape index (κ3) is 4.39. The number of nitrogens with zero attached hydrogens (tertiary/aromatic N) is 5. The fourth-order valence-corrected chi connectivity index (χ4v) is 3.39. The number of hydrogen-bond acceptors (Lipinski definition) is 4. The SMILES string of the molecule is Cc1cc(C)n(-c2ccc(CNC(=O)c3ccc(-n4cncn4)cc3)c(C(F)(F)F)c2)n1. The lowest BCUT2D eigenvalue weighted by Gasteiger charge is -2.16. The fraction of sp³-hybridized carbons (Fsp3) is 0.182. The number of nitrogens with one attached hydrogen (secondary N) is 1. The Labute approximate surface area is 181 Å². The van der Waals surface area contributed by atoms with E-state index in [1.807, 2.05) is 0 Å². The van der Waals surface area contributed by atoms with Gasteiger partial charge in [-0.25, -0.2) is 14.3 Å². The Balaban J connectivity index is 1.53. The van der Waals surface area contributed by atoms with Gasteiger partial charge < -0.3 is 5.32 Å². The largest absolute Gasteiger partial charge is 0.416 e. The van der Waals surface area contributed by atoms with Crippen molar-refractivity contribution in [1.29, 1.82) is 0 Å². The van der Waals surface area contributed by atoms with Crippen molar-refractivity contribution in [3.63, 3.8) is 0 Å². The van der Waals surface area contributed by atoms with E-state index in [1.54, 1.807) is 50.2 Å². The molecule has 0 saturated heterocycles. The molecule has 2 heterocycles. The molecule has 7 nitrogen and oxygen atoms in total. The molecule has 2 aromatic heterocycles. The molecule has 10 heteroatoms. The van der Waals surface area contributed by atoms with Crippen LogP contribution in [-0.2, 0) is 12.7 Å². The van der Waals surface area contributed by atoms with Gasteiger partial charge in [0, 0.05) is 17.8 Å². The fourth-order valence-electron chi connectivity index (χ4n) is 3.39. The third-order valence-corrected chi connectivity index (χ3v) is 4.91. The molecule has 0 aliphatic carbocycles. The standard InChI is InChI=1S/C22H19F3N6O/c1-14-9-15(2)31(29-14)19-8-5-17(20(10-19)22(23,24)25)11-27-21(32)16-3-6-18(7-4-16)30-13-26-12-28-30/h3-10,12-13H,11H2,1-2H3,(H,27,32). The maximum absolute atomic E-state index is 13.7. The zero-order chi connectivity index (χ0) is 22.9. The van der Waals surface area contributed by atoms with Gasteiger partial charge >= 0.3 is 6.18 Å². The van der Waals surface area contributed by atoms with Gasteiger partial charge in [0.25, 0.3) is 5.91 Å². The molecule has 4 aromatic rings. The Kier molecular flexibility index (Phi) is 5.52. The number of aromatic nitrogens is 5. The molecule has 0 fully saturated rings. The summed E-state index contributed by atoms with van der Waals surface area (Å²) < 4.78 is 44.2. The number of benzene rings is 2. The van der Waals surface area contributed by atoms with Crippen molar-refractivity contribution < 1.29 is 18.0 Å². The summed E-state index contributed by atoms with van der Waals surface area (Å²) in [7, 11) is 0. The minimum absolute atomic E-state index is 0.0321. The zero-order valence-corrected chi connectivity index (χ0v) is 17.3. The first-order valence-electron chi connectivity index (χ1n) is 9.69. The predicted octanol–water partition coefficient (Wildman–Crippen LogP) is 4.02. The Bertz CT molecular complexity index is 1240. The minimum Gasteiger partial charge on any atom is -0.348 e. The molecule has 2 aromatic carbocycles. The van der Waals surface area contributed by atoms with Gasteiger partial charge in [0.15, 0.2) is 0 Å². The first-order valence-corrected chi connectivity index (χ1v) is 9.69. The summed E-state index contributed by atoms with van der Waals surface area (Å²) in [5, 5.41) is 10.8. The van der Waals surface area contributed by atoms with E-state index < -0.39 is 17.6 Å². The van der Waals surface area contributed by atoms with Crippen molar-refractivity contribution in [2.24, 2.45) is 0 Å². The molecule has 0 spiro atoms. The summed E-state index contributed by atoms with van der Waals surface area (Å²) in [4.78, 5) is 16.3. The van der Waals surface area contributed by atoms with Crippen LogP contribution in [0.3, 0.4) is 0 Å². The highest BCUT2D eigenvalue weighted by Gasteiger charge is 2.34. The van der Waals surface area contributed by atoms with E-state index in [0.717, 1.165) is 11.8 Å². The van der Waals surface area contributed by atoms with Gasteiger partial charge in [-0.2, -0.15) is 23.4 Å². The maximum Gasteiger partial charge on any atom is 0.416 e. The molecule has 0 atom stereocenters. The molecule has 1 N–H and O–H groups in total. The van der Waals surface area contributed by atoms with Crippen molar-refractivity contribution in [3.05, 3.63) is 89.3 Å². The summed E-state index contributed by atoms with van der Waals surface area (Å²) in [6.07, 6.45) is -1.67. The average molecular weight is 440 g/mol. The summed E-state index contributed by atoms with van der Waals surface area (Å²) in [6, 6.07) is 12.3. The van der Waals surface area contributed by atoms with Gasteiger partial charge in [0.2, 0.25) is 0 Å². The Morgan fingerprint density at radius 2 is 1.75 bits per heavy atom. The van der Waals surface area contributed by atoms with Crippen LogP contribution in [0.1, 0.15) is 32.9 Å². The molecule has 0 radical (unpaired) electrons. The molecule has 0 aliphatic rings. The van der Waals surface area contributed by atoms with Crippen LogP contribution in [0.5, 0.6) is 0 Å². The number of hydrogen-bond donors (Lipinski definition) is 1. The van der Waals surface area contributed by atoms with Crippen molar-refractivity contribution >= 4 is 5.91 Å². The number of carbonyl (C=O) groups is 1. The number of alkyl halides is 3. The minimum atomic E-state index is -4.58. The Morgan fingerprint density at radius 1 is 1.03 bits per heavy atom. The third-order valence-electron chi connectivity index (χ3n) is 4.91. The molecule has 0 bridgehead atoms. The van der Waals surface area contributed by atoms with Crippen LogP contribution in [0.4, 0.5) is 13.2 Å². The number of carbonyl (C=O) groups excluding carboxylic acids is 1. The van der Waals surface area contributed by atoms with E-state index in [1.165, 1.54) is 28.1 Å². The van der Waals surface area contributed by atoms with E-state index in [0.29, 0.717) is 22.6 Å². The zero-order valence-electron chi connectivity index (χ0n) is 17.3. The highest BCUT2D eigenvalue weighted by Crippen LogP contribution is 2.33. The van der Waals surface area contributed by atoms with Crippen LogP contribution in [0.15, 0.2) is 61.2 Å². The normalized spacial score (nSPS) is 11.5. The Morgan fingerprint density at radius 3 is 2.34 bits per heavy atom. The van der Waals surface area contributed by atoms with E-state index in [9.17, 15) is 18.0 Å². The van der Waals surface area contributed by atoms with E-state index >= 15 is 0 Å². The van der Waals surface area contributed by atoms with Gasteiger partial charge in [-0.05, 0) is 61.9 Å². The van der Waals surface area contributed by atoms with Crippen molar-refractivity contribution in [1.82, 2.24) is 29.9 Å². The van der Waals surface area contributed by atoms with Gasteiger partial charge in [0.1, 0.15) is 12.7 Å². The molecule has 0 aliphatic heterocycles. The maximum atomic E-state index is 13.7. The molecule has 164 valence electrons. The second kappa shape index (κ2) is 8.29. The molecule has 0 unspecified atom stereocenters. The van der Waals surface area contributed by atoms with Crippen LogP contribution in [0.2, 0.25) is 0 Å². The summed E-state index contributed by atoms with van der Waals surface area (Å²) in [6.45, 7) is 3.28. The van der Waals surface area contributed by atoms with Crippen LogP contribution in [0, 0.1) is 13.8 Å². The summed E-state index contributed by atoms with van der Waals surface area (Å²) >= 11 is 0. The van der Waals surface area contributed by atoms with Crippen LogP contribution >= 0.6 is 0 Å². The smallest absolute Gasteiger partial charge is 0.348 e. The van der Waals surface area contributed by atoms with Crippen molar-refractivity contribution in [2.45, 2.75) is 26.6 Å². The molecular formula is C22H19F3N6O. The Hall–Kier alpha value is -3.95. The summed E-state index contributed by atoms with van der Waals surface area (Å²) in [5.41, 5.74) is 1.93. The van der Waals surface area contributed by atoms with Gasteiger partial charge in [-0.3, -0.25) is 4.79 Å². The molecule has 32 heavy (non-hydrogen) atoms. The lowest BCUT2D eigenvalue weighted by molar-refractivity contribution is -0.138. The molecular weight excluding hydrogens is 421 g/mol. The van der Waals surface area contributed by atoms with Crippen molar-refractivity contribution in [3.8, 4) is 11.4 Å². The van der Waals surface area contributed by atoms with Crippen LogP contribution in [-0.4, -0.2) is 30.5 Å². The number of amides is 1. The second-order valence-corrected chi connectivity index (χ2v) is 7.25.